The molecule has 2 aliphatic rings. The number of carbonyl (C=O) groups excluding carboxylic acids is 2. The molecule has 0 bridgehead atoms. The van der Waals surface area contributed by atoms with Crippen LogP contribution in [0.25, 0.3) is 16.6 Å². The summed E-state index contributed by atoms with van der Waals surface area (Å²) in [4.78, 5) is 36.6. The van der Waals surface area contributed by atoms with Gasteiger partial charge in [-0.15, -0.1) is 0 Å². The van der Waals surface area contributed by atoms with E-state index in [0.717, 1.165) is 85.5 Å². The van der Waals surface area contributed by atoms with Crippen molar-refractivity contribution in [1.82, 2.24) is 25.5 Å². The smallest absolute Gasteiger partial charge is 0.319 e. The number of benzene rings is 1. The van der Waals surface area contributed by atoms with Crippen LogP contribution in [-0.4, -0.2) is 60.7 Å². The maximum Gasteiger partial charge on any atom is 0.319 e. The van der Waals surface area contributed by atoms with E-state index in [0.29, 0.717) is 18.6 Å². The van der Waals surface area contributed by atoms with Crippen LogP contribution >= 0.6 is 0 Å². The molecule has 1 aromatic heterocycles. The number of unbranched alkanes of at least 4 members (excludes halogenated alkanes) is 2. The van der Waals surface area contributed by atoms with Crippen molar-refractivity contribution in [2.45, 2.75) is 64.3 Å². The monoisotopic (exact) mass is 505 g/mol. The lowest BCUT2D eigenvalue weighted by Gasteiger charge is -2.29. The molecule has 8 heteroatoms. The number of carbonyl (C=O) groups is 2. The number of para-hydroxylation sites is 1. The standard InChI is InChI=1S/C29H39N5O3/c1-4-21(35)10-6-5-7-13-24(33-29(36)20-14-16-34(2)17-15-20)28-30-19-26(32-28)25-18-27(37-3)22-11-8-9-12-23(22)31-25/h8-9,11-12,18-20,24,32H,4-7,10,13-17H2,1-3H3,(H,33,36)/q+1/t24-/m0/s1. The Morgan fingerprint density at radius 2 is 2.00 bits per heavy atom. The minimum absolute atomic E-state index is 0.0294. The zero-order valence-electron chi connectivity index (χ0n) is 22.3. The van der Waals surface area contributed by atoms with Gasteiger partial charge in [0, 0.05) is 30.2 Å². The van der Waals surface area contributed by atoms with Gasteiger partial charge >= 0.3 is 5.84 Å². The summed E-state index contributed by atoms with van der Waals surface area (Å²) in [6.07, 6.45) is 8.25. The summed E-state index contributed by atoms with van der Waals surface area (Å²) in [6.45, 7) is 3.79. The molecule has 1 fully saturated rings. The van der Waals surface area contributed by atoms with E-state index in [2.05, 4.69) is 27.6 Å². The number of aromatic nitrogens is 1. The number of hydrogen-bond donors (Lipinski definition) is 2. The van der Waals surface area contributed by atoms with Gasteiger partial charge in [0.05, 0.1) is 12.6 Å². The molecule has 1 atom stereocenters. The van der Waals surface area contributed by atoms with Crippen LogP contribution in [0.1, 0.15) is 64.0 Å². The summed E-state index contributed by atoms with van der Waals surface area (Å²) < 4.78 is 5.61. The number of rotatable bonds is 12. The second-order valence-corrected chi connectivity index (χ2v) is 10.0. The minimum atomic E-state index is -0.217. The number of amides is 1. The lowest BCUT2D eigenvalue weighted by atomic mass is 9.95. The SMILES string of the molecule is CCC(=O)CCCCC[C@H](NC(=O)C1CCN(C)CC1)C1=[N+]C=C(c2cc(OC)c3ccccc3n2)N1. The highest BCUT2D eigenvalue weighted by molar-refractivity contribution is 6.00. The minimum Gasteiger partial charge on any atom is -0.496 e. The Labute approximate surface area is 219 Å². The van der Waals surface area contributed by atoms with Crippen LogP contribution in [0.3, 0.4) is 0 Å². The van der Waals surface area contributed by atoms with Crippen molar-refractivity contribution in [3.63, 3.8) is 0 Å². The van der Waals surface area contributed by atoms with Crippen molar-refractivity contribution in [1.29, 1.82) is 0 Å². The fourth-order valence-electron chi connectivity index (χ4n) is 4.96. The largest absolute Gasteiger partial charge is 0.496 e. The molecule has 3 heterocycles. The molecule has 197 valence electrons. The zero-order valence-corrected chi connectivity index (χ0v) is 22.3. The Hall–Kier alpha value is -3.26. The van der Waals surface area contributed by atoms with Crippen LogP contribution in [0.4, 0.5) is 0 Å². The number of nitrogens with one attached hydrogen (secondary N) is 2. The normalized spacial score (nSPS) is 17.2. The molecule has 1 aromatic carbocycles. The number of pyridine rings is 1. The fourth-order valence-corrected chi connectivity index (χ4v) is 4.96. The molecule has 0 saturated carbocycles. The van der Waals surface area contributed by atoms with Crippen LogP contribution in [0.15, 0.2) is 36.5 Å². The summed E-state index contributed by atoms with van der Waals surface area (Å²) in [6, 6.07) is 9.58. The summed E-state index contributed by atoms with van der Waals surface area (Å²) in [7, 11) is 3.76. The third-order valence-corrected chi connectivity index (χ3v) is 7.35. The van der Waals surface area contributed by atoms with Gasteiger partial charge in [0.25, 0.3) is 0 Å². The van der Waals surface area contributed by atoms with E-state index in [1.165, 1.54) is 0 Å². The van der Waals surface area contributed by atoms with Gasteiger partial charge in [0.1, 0.15) is 23.3 Å². The van der Waals surface area contributed by atoms with E-state index in [9.17, 15) is 9.59 Å². The molecule has 2 N–H and O–H groups in total. The number of ether oxygens (including phenoxy) is 1. The summed E-state index contributed by atoms with van der Waals surface area (Å²) in [5.74, 6) is 1.92. The van der Waals surface area contributed by atoms with E-state index in [-0.39, 0.29) is 17.9 Å². The second kappa shape index (κ2) is 12.8. The van der Waals surface area contributed by atoms with Gasteiger partial charge in [-0.05, 0) is 62.9 Å². The Kier molecular flexibility index (Phi) is 9.28. The predicted octanol–water partition coefficient (Wildman–Crippen LogP) is 3.64. The Morgan fingerprint density at radius 1 is 1.22 bits per heavy atom. The molecule has 1 saturated heterocycles. The lowest BCUT2D eigenvalue weighted by Crippen LogP contribution is -2.49. The highest BCUT2D eigenvalue weighted by Gasteiger charge is 2.34. The number of hydrogen-bond acceptors (Lipinski definition) is 7. The summed E-state index contributed by atoms with van der Waals surface area (Å²) in [5.41, 5.74) is 2.38. The molecule has 2 aromatic rings. The van der Waals surface area contributed by atoms with Crippen molar-refractivity contribution in [3.8, 4) is 5.75 Å². The van der Waals surface area contributed by atoms with Crippen molar-refractivity contribution in [2.75, 3.05) is 27.2 Å². The average Bonchev–Trinajstić information content (AvgIpc) is 3.42. The van der Waals surface area contributed by atoms with Crippen LogP contribution in [-0.2, 0) is 9.59 Å². The lowest BCUT2D eigenvalue weighted by molar-refractivity contribution is -0.126. The first-order chi connectivity index (χ1) is 18.0. The number of aliphatic imine (C=N–C) groups is 1. The predicted molar refractivity (Wildman–Crippen MR) is 147 cm³/mol. The third-order valence-electron chi connectivity index (χ3n) is 7.35. The molecular weight excluding hydrogens is 466 g/mol. The number of amidine groups is 1. The third kappa shape index (κ3) is 6.95. The van der Waals surface area contributed by atoms with E-state index in [1.807, 2.05) is 37.3 Å². The van der Waals surface area contributed by atoms with Gasteiger partial charge in [0.2, 0.25) is 5.91 Å². The van der Waals surface area contributed by atoms with Crippen LogP contribution in [0.5, 0.6) is 5.75 Å². The molecule has 0 aliphatic carbocycles. The highest BCUT2D eigenvalue weighted by Crippen LogP contribution is 2.28. The Morgan fingerprint density at radius 3 is 2.76 bits per heavy atom. The molecule has 0 spiro atoms. The number of piperidine rings is 1. The topological polar surface area (TPSA) is 97.7 Å². The maximum absolute atomic E-state index is 13.2. The van der Waals surface area contributed by atoms with E-state index < -0.39 is 0 Å². The Bertz CT molecular complexity index is 1170. The van der Waals surface area contributed by atoms with E-state index in [4.69, 9.17) is 9.72 Å². The number of Topliss-reactive ketones (excluding diaryl/α,β-unsaturated/α-hetero) is 1. The molecule has 8 nitrogen and oxygen atoms in total. The van der Waals surface area contributed by atoms with E-state index in [1.54, 1.807) is 13.3 Å². The molecule has 2 aliphatic heterocycles. The fraction of sp³-hybridized carbons (Fsp3) is 0.517. The molecular formula is C29H39N5O3+. The van der Waals surface area contributed by atoms with Gasteiger partial charge in [0.15, 0.2) is 11.9 Å². The molecule has 1 radical (unpaired) electrons. The van der Waals surface area contributed by atoms with E-state index >= 15 is 0 Å². The number of nitrogens with zero attached hydrogens (tertiary/aromatic N) is 3. The second-order valence-electron chi connectivity index (χ2n) is 10.0. The highest BCUT2D eigenvalue weighted by atomic mass is 16.5. The van der Waals surface area contributed by atoms with Gasteiger partial charge in [-0.2, -0.15) is 0 Å². The molecule has 0 unspecified atom stereocenters. The first-order valence-corrected chi connectivity index (χ1v) is 13.5. The quantitative estimate of drug-likeness (QED) is 0.428. The van der Waals surface area contributed by atoms with Crippen molar-refractivity contribution >= 4 is 34.1 Å². The Balaban J connectivity index is 1.43. The number of ketones is 1. The number of methoxy groups -OCH3 is 1. The van der Waals surface area contributed by atoms with Crippen molar-refractivity contribution < 1.29 is 14.3 Å². The van der Waals surface area contributed by atoms with Gasteiger partial charge in [-0.25, -0.2) is 10.3 Å². The van der Waals surface area contributed by atoms with Gasteiger partial charge in [-0.1, -0.05) is 31.9 Å². The molecule has 37 heavy (non-hydrogen) atoms. The first-order valence-electron chi connectivity index (χ1n) is 13.5. The van der Waals surface area contributed by atoms with Crippen LogP contribution in [0, 0.1) is 5.92 Å². The number of fused-ring (bicyclic) bond motifs is 1. The molecule has 1 amide bonds. The maximum atomic E-state index is 13.2. The average molecular weight is 506 g/mol. The van der Waals surface area contributed by atoms with Crippen LogP contribution in [0.2, 0.25) is 0 Å². The number of likely N-dealkylation sites (tertiary alicyclic amines) is 1. The summed E-state index contributed by atoms with van der Waals surface area (Å²) in [5, 5.41) is 7.66. The first kappa shape index (κ1) is 26.8. The van der Waals surface area contributed by atoms with Gasteiger partial charge < -0.3 is 15.0 Å². The van der Waals surface area contributed by atoms with Crippen molar-refractivity contribution in [2.24, 2.45) is 5.92 Å². The van der Waals surface area contributed by atoms with Crippen LogP contribution < -0.4 is 20.4 Å². The zero-order chi connectivity index (χ0) is 26.2. The summed E-state index contributed by atoms with van der Waals surface area (Å²) >= 11 is 0. The van der Waals surface area contributed by atoms with Crippen molar-refractivity contribution in [3.05, 3.63) is 42.2 Å². The molecule has 4 rings (SSSR count). The van der Waals surface area contributed by atoms with Gasteiger partial charge in [-0.3, -0.25) is 9.59 Å².